The minimum Gasteiger partial charge on any atom is -0.407 e. The molecule has 0 aliphatic carbocycles. The zero-order valence-electron chi connectivity index (χ0n) is 11.8. The van der Waals surface area contributed by atoms with Gasteiger partial charge < -0.3 is 4.43 Å². The highest BCUT2D eigenvalue weighted by Gasteiger charge is 2.37. The molecule has 1 atom stereocenters. The Morgan fingerprint density at radius 2 is 2.00 bits per heavy atom. The molecular weight excluding hydrogens is 248 g/mol. The minimum absolute atomic E-state index is 0.270. The molecule has 1 unspecified atom stereocenters. The molecule has 1 aromatic carbocycles. The lowest BCUT2D eigenvalue weighted by molar-refractivity contribution is 0.247. The Morgan fingerprint density at radius 3 is 2.68 bits per heavy atom. The fourth-order valence-electron chi connectivity index (χ4n) is 2.52. The van der Waals surface area contributed by atoms with Gasteiger partial charge in [0, 0.05) is 0 Å². The first-order chi connectivity index (χ1) is 9.13. The molecule has 0 N–H and O–H groups in total. The highest BCUT2D eigenvalue weighted by molar-refractivity contribution is 6.90. The third-order valence-electron chi connectivity index (χ3n) is 3.42. The topological polar surface area (TPSA) is 9.23 Å². The van der Waals surface area contributed by atoms with Crippen LogP contribution in [0.25, 0.3) is 5.20 Å². The van der Waals surface area contributed by atoms with E-state index in [1.165, 1.54) is 10.8 Å². The van der Waals surface area contributed by atoms with E-state index in [0.717, 1.165) is 12.8 Å². The van der Waals surface area contributed by atoms with E-state index in [2.05, 4.69) is 62.2 Å². The molecule has 1 aromatic rings. The summed E-state index contributed by atoms with van der Waals surface area (Å²) in [5.41, 5.74) is 1.32. The van der Waals surface area contributed by atoms with Crippen molar-refractivity contribution >= 4 is 13.5 Å². The first-order valence-corrected chi connectivity index (χ1v) is 9.77. The Kier molecular flexibility index (Phi) is 4.56. The smallest absolute Gasteiger partial charge is 0.219 e. The first-order valence-electron chi connectivity index (χ1n) is 6.86. The maximum absolute atomic E-state index is 6.28. The van der Waals surface area contributed by atoms with Crippen molar-refractivity contribution in [2.24, 2.45) is 0 Å². The predicted octanol–water partition coefficient (Wildman–Crippen LogP) is 4.74. The summed E-state index contributed by atoms with van der Waals surface area (Å²) < 4.78 is 6.28. The molecule has 0 saturated heterocycles. The van der Waals surface area contributed by atoms with Gasteiger partial charge in [0.2, 0.25) is 8.32 Å². The Balaban J connectivity index is 2.09. The number of allylic oxidation sites excluding steroid dienone is 3. The second-order valence-electron chi connectivity index (χ2n) is 5.35. The lowest BCUT2D eigenvalue weighted by Crippen LogP contribution is -2.30. The molecule has 1 nitrogen and oxygen atoms in total. The SMILES string of the molecule is C=C/C=C/CCC1C=C(c2ccccc2)[Si](C)(C)O1. The summed E-state index contributed by atoms with van der Waals surface area (Å²) in [6.07, 6.45) is 10.7. The molecular formula is C17H22OSi. The number of hydrogen-bond acceptors (Lipinski definition) is 1. The Hall–Kier alpha value is -1.38. The summed E-state index contributed by atoms with van der Waals surface area (Å²) in [6.45, 7) is 8.25. The van der Waals surface area contributed by atoms with Crippen LogP contribution in [-0.4, -0.2) is 14.4 Å². The average molecular weight is 270 g/mol. The highest BCUT2D eigenvalue weighted by Crippen LogP contribution is 2.35. The van der Waals surface area contributed by atoms with Gasteiger partial charge in [0.25, 0.3) is 0 Å². The largest absolute Gasteiger partial charge is 0.407 e. The molecule has 100 valence electrons. The molecule has 2 heteroatoms. The lowest BCUT2D eigenvalue weighted by atomic mass is 10.1. The van der Waals surface area contributed by atoms with E-state index >= 15 is 0 Å². The molecule has 0 spiro atoms. The van der Waals surface area contributed by atoms with Gasteiger partial charge in [-0.05, 0) is 36.7 Å². The Labute approximate surface area is 117 Å². The summed E-state index contributed by atoms with van der Waals surface area (Å²) in [5, 5.41) is 1.44. The standard InChI is InChI=1S/C17H22OSi/c1-4-5-6-10-13-16-14-17(19(2,3)18-16)15-11-8-7-9-12-15/h4-9,11-12,14,16H,1,10,13H2,2-3H3/b6-5+. The van der Waals surface area contributed by atoms with Gasteiger partial charge in [-0.25, -0.2) is 0 Å². The molecule has 0 aromatic heterocycles. The van der Waals surface area contributed by atoms with Crippen molar-refractivity contribution in [1.29, 1.82) is 0 Å². The summed E-state index contributed by atoms with van der Waals surface area (Å²) >= 11 is 0. The van der Waals surface area contributed by atoms with Gasteiger partial charge in [-0.15, -0.1) is 0 Å². The Bertz CT molecular complexity index is 485. The van der Waals surface area contributed by atoms with Crippen molar-refractivity contribution in [2.75, 3.05) is 0 Å². The summed E-state index contributed by atoms with van der Waals surface area (Å²) in [7, 11) is -1.73. The zero-order valence-corrected chi connectivity index (χ0v) is 12.8. The monoisotopic (exact) mass is 270 g/mol. The number of benzene rings is 1. The predicted molar refractivity (Wildman–Crippen MR) is 85.3 cm³/mol. The average Bonchev–Trinajstić information content (AvgIpc) is 2.71. The third kappa shape index (κ3) is 3.55. The second-order valence-corrected chi connectivity index (χ2v) is 9.15. The number of hydrogen-bond donors (Lipinski definition) is 0. The van der Waals surface area contributed by atoms with Crippen LogP contribution in [0.4, 0.5) is 0 Å². The summed E-state index contributed by atoms with van der Waals surface area (Å²) in [5.74, 6) is 0. The number of rotatable bonds is 5. The fourth-order valence-corrected chi connectivity index (χ4v) is 5.04. The summed E-state index contributed by atoms with van der Waals surface area (Å²) in [4.78, 5) is 0. The van der Waals surface area contributed by atoms with Crippen LogP contribution in [-0.2, 0) is 4.43 Å². The van der Waals surface area contributed by atoms with Crippen molar-refractivity contribution < 1.29 is 4.43 Å². The molecule has 0 saturated carbocycles. The van der Waals surface area contributed by atoms with Crippen LogP contribution in [0.1, 0.15) is 18.4 Å². The molecule has 1 aliphatic rings. The van der Waals surface area contributed by atoms with Gasteiger partial charge >= 0.3 is 0 Å². The minimum atomic E-state index is -1.73. The van der Waals surface area contributed by atoms with Crippen LogP contribution in [0.2, 0.25) is 13.1 Å². The van der Waals surface area contributed by atoms with E-state index in [1.807, 2.05) is 12.2 Å². The second kappa shape index (κ2) is 6.18. The quantitative estimate of drug-likeness (QED) is 0.555. The van der Waals surface area contributed by atoms with Gasteiger partial charge in [-0.1, -0.05) is 61.2 Å². The maximum Gasteiger partial charge on any atom is 0.219 e. The molecule has 0 bridgehead atoms. The van der Waals surface area contributed by atoms with Gasteiger partial charge in [-0.3, -0.25) is 0 Å². The molecule has 0 amide bonds. The van der Waals surface area contributed by atoms with Crippen LogP contribution < -0.4 is 0 Å². The molecule has 19 heavy (non-hydrogen) atoms. The normalized spacial score (nSPS) is 21.6. The van der Waals surface area contributed by atoms with Crippen molar-refractivity contribution in [3.8, 4) is 0 Å². The molecule has 0 fully saturated rings. The van der Waals surface area contributed by atoms with Gasteiger partial charge in [-0.2, -0.15) is 0 Å². The van der Waals surface area contributed by atoms with Gasteiger partial charge in [0.1, 0.15) is 0 Å². The van der Waals surface area contributed by atoms with Crippen molar-refractivity contribution in [2.45, 2.75) is 32.0 Å². The fraction of sp³-hybridized carbons (Fsp3) is 0.294. The molecule has 1 heterocycles. The van der Waals surface area contributed by atoms with Crippen LogP contribution >= 0.6 is 0 Å². The van der Waals surface area contributed by atoms with Crippen molar-refractivity contribution in [3.63, 3.8) is 0 Å². The van der Waals surface area contributed by atoms with E-state index in [1.54, 1.807) is 0 Å². The third-order valence-corrected chi connectivity index (χ3v) is 6.07. The van der Waals surface area contributed by atoms with E-state index in [-0.39, 0.29) is 6.10 Å². The van der Waals surface area contributed by atoms with Gasteiger partial charge in [0.05, 0.1) is 6.10 Å². The zero-order chi connectivity index (χ0) is 13.7. The van der Waals surface area contributed by atoms with Gasteiger partial charge in [0.15, 0.2) is 0 Å². The molecule has 2 rings (SSSR count). The van der Waals surface area contributed by atoms with Crippen molar-refractivity contribution in [1.82, 2.24) is 0 Å². The van der Waals surface area contributed by atoms with Crippen molar-refractivity contribution in [3.05, 3.63) is 66.8 Å². The maximum atomic E-state index is 6.28. The van der Waals surface area contributed by atoms with E-state index in [9.17, 15) is 0 Å². The van der Waals surface area contributed by atoms with E-state index in [0.29, 0.717) is 0 Å². The molecule has 0 radical (unpaired) electrons. The van der Waals surface area contributed by atoms with Crippen LogP contribution in [0.15, 0.2) is 61.2 Å². The Morgan fingerprint density at radius 1 is 1.26 bits per heavy atom. The van der Waals surface area contributed by atoms with E-state index in [4.69, 9.17) is 4.43 Å². The molecule has 1 aliphatic heterocycles. The van der Waals surface area contributed by atoms with Crippen LogP contribution in [0.3, 0.4) is 0 Å². The highest BCUT2D eigenvalue weighted by atomic mass is 28.4. The van der Waals surface area contributed by atoms with Crippen LogP contribution in [0, 0.1) is 0 Å². The first kappa shape index (κ1) is 14.0. The van der Waals surface area contributed by atoms with Crippen LogP contribution in [0.5, 0.6) is 0 Å². The summed E-state index contributed by atoms with van der Waals surface area (Å²) in [6, 6.07) is 10.6. The van der Waals surface area contributed by atoms with E-state index < -0.39 is 8.32 Å². The lowest BCUT2D eigenvalue weighted by Gasteiger charge is -2.21.